The molecule has 0 aliphatic heterocycles. The van der Waals surface area contributed by atoms with Crippen LogP contribution in [0.25, 0.3) is 0 Å². The largest absolute Gasteiger partial charge is 0.278 e. The molecule has 0 amide bonds. The molecular formula is C19H15Cl2NO2S2. The molecule has 0 fully saturated rings. The normalized spacial score (nSPS) is 11.3. The number of nitrogens with one attached hydrogen (secondary N) is 1. The zero-order valence-electron chi connectivity index (χ0n) is 13.5. The van der Waals surface area contributed by atoms with Crippen LogP contribution in [-0.4, -0.2) is 8.42 Å². The summed E-state index contributed by atoms with van der Waals surface area (Å²) in [6, 6.07) is 21.3. The topological polar surface area (TPSA) is 46.2 Å². The molecule has 0 heterocycles. The number of anilines is 1. The van der Waals surface area contributed by atoms with Gasteiger partial charge in [0.1, 0.15) is 0 Å². The van der Waals surface area contributed by atoms with Crippen LogP contribution in [0.1, 0.15) is 5.56 Å². The summed E-state index contributed by atoms with van der Waals surface area (Å²) in [4.78, 5) is 1.09. The molecule has 0 radical (unpaired) electrons. The Morgan fingerprint density at radius 1 is 0.885 bits per heavy atom. The van der Waals surface area contributed by atoms with Gasteiger partial charge in [0.2, 0.25) is 0 Å². The van der Waals surface area contributed by atoms with Crippen molar-refractivity contribution in [1.29, 1.82) is 0 Å². The molecule has 0 saturated carbocycles. The summed E-state index contributed by atoms with van der Waals surface area (Å²) in [5.41, 5.74) is 1.55. The van der Waals surface area contributed by atoms with Gasteiger partial charge in [0.05, 0.1) is 15.6 Å². The lowest BCUT2D eigenvalue weighted by atomic mass is 10.2. The zero-order chi connectivity index (χ0) is 18.6. The summed E-state index contributed by atoms with van der Waals surface area (Å²) < 4.78 is 27.4. The first-order chi connectivity index (χ1) is 12.4. The van der Waals surface area contributed by atoms with Crippen LogP contribution in [0.15, 0.2) is 82.6 Å². The van der Waals surface area contributed by atoms with Gasteiger partial charge in [-0.2, -0.15) is 0 Å². The number of rotatable bonds is 6. The Hall–Kier alpha value is -1.66. The third kappa shape index (κ3) is 4.95. The molecule has 7 heteroatoms. The minimum atomic E-state index is -3.72. The van der Waals surface area contributed by atoms with Gasteiger partial charge in [0, 0.05) is 15.7 Å². The fourth-order valence-corrected chi connectivity index (χ4v) is 4.67. The minimum Gasteiger partial charge on any atom is -0.278 e. The third-order valence-electron chi connectivity index (χ3n) is 3.56. The molecule has 3 nitrogen and oxygen atoms in total. The molecule has 0 bridgehead atoms. The molecule has 0 aliphatic rings. The minimum absolute atomic E-state index is 0.125. The van der Waals surface area contributed by atoms with Crippen molar-refractivity contribution in [1.82, 2.24) is 0 Å². The SMILES string of the molecule is O=S(=O)(Nc1ccc(SCc2ccccc2)cc1Cl)c1ccc(Cl)cc1. The van der Waals surface area contributed by atoms with Crippen molar-refractivity contribution in [2.45, 2.75) is 15.5 Å². The van der Waals surface area contributed by atoms with Gasteiger partial charge in [0.25, 0.3) is 10.0 Å². The standard InChI is InChI=1S/C19H15Cl2NO2S2/c20-15-6-9-17(10-7-15)26(23,24)22-19-11-8-16(12-18(19)21)25-13-14-4-2-1-3-5-14/h1-12,22H,13H2. The van der Waals surface area contributed by atoms with Crippen molar-refractivity contribution in [2.24, 2.45) is 0 Å². The Labute approximate surface area is 167 Å². The Balaban J connectivity index is 1.72. The Morgan fingerprint density at radius 2 is 1.58 bits per heavy atom. The lowest BCUT2D eigenvalue weighted by molar-refractivity contribution is 0.601. The average Bonchev–Trinajstić information content (AvgIpc) is 2.63. The van der Waals surface area contributed by atoms with Crippen molar-refractivity contribution in [3.8, 4) is 0 Å². The van der Waals surface area contributed by atoms with Crippen LogP contribution in [-0.2, 0) is 15.8 Å². The number of hydrogen-bond donors (Lipinski definition) is 1. The molecular weight excluding hydrogens is 409 g/mol. The predicted molar refractivity (Wildman–Crippen MR) is 110 cm³/mol. The van der Waals surface area contributed by atoms with E-state index in [1.807, 2.05) is 24.3 Å². The van der Waals surface area contributed by atoms with Crippen LogP contribution in [0.2, 0.25) is 10.0 Å². The van der Waals surface area contributed by atoms with E-state index in [9.17, 15) is 8.42 Å². The summed E-state index contributed by atoms with van der Waals surface area (Å²) in [6.07, 6.45) is 0. The van der Waals surface area contributed by atoms with E-state index in [0.717, 1.165) is 10.6 Å². The van der Waals surface area contributed by atoms with E-state index in [2.05, 4.69) is 16.9 Å². The number of halogens is 2. The summed E-state index contributed by atoms with van der Waals surface area (Å²) in [5, 5.41) is 0.822. The van der Waals surface area contributed by atoms with E-state index >= 15 is 0 Å². The average molecular weight is 424 g/mol. The van der Waals surface area contributed by atoms with Crippen LogP contribution in [0.5, 0.6) is 0 Å². The van der Waals surface area contributed by atoms with Crippen LogP contribution < -0.4 is 4.72 Å². The van der Waals surface area contributed by atoms with Crippen LogP contribution >= 0.6 is 35.0 Å². The first kappa shape index (κ1) is 19.1. The molecule has 0 atom stereocenters. The Kier molecular flexibility index (Phi) is 6.14. The maximum Gasteiger partial charge on any atom is 0.261 e. The fourth-order valence-electron chi connectivity index (χ4n) is 2.23. The van der Waals surface area contributed by atoms with Gasteiger partial charge in [-0.3, -0.25) is 4.72 Å². The summed E-state index contributed by atoms with van der Waals surface area (Å²) in [6.45, 7) is 0. The van der Waals surface area contributed by atoms with E-state index in [0.29, 0.717) is 15.7 Å². The Morgan fingerprint density at radius 3 is 2.23 bits per heavy atom. The van der Waals surface area contributed by atoms with Crippen molar-refractivity contribution < 1.29 is 8.42 Å². The highest BCUT2D eigenvalue weighted by Crippen LogP contribution is 2.31. The van der Waals surface area contributed by atoms with Gasteiger partial charge >= 0.3 is 0 Å². The number of benzene rings is 3. The van der Waals surface area contributed by atoms with Gasteiger partial charge < -0.3 is 0 Å². The zero-order valence-corrected chi connectivity index (χ0v) is 16.7. The molecule has 0 saturated heterocycles. The maximum atomic E-state index is 12.4. The predicted octanol–water partition coefficient (Wildman–Crippen LogP) is 6.09. The first-order valence-corrected chi connectivity index (χ1v) is 10.9. The second-order valence-electron chi connectivity index (χ2n) is 5.48. The van der Waals surface area contributed by atoms with Gasteiger partial charge in [-0.25, -0.2) is 8.42 Å². The van der Waals surface area contributed by atoms with Gasteiger partial charge in [0.15, 0.2) is 0 Å². The van der Waals surface area contributed by atoms with Gasteiger partial charge in [-0.15, -0.1) is 11.8 Å². The molecule has 0 spiro atoms. The molecule has 0 aromatic heterocycles. The lowest BCUT2D eigenvalue weighted by Crippen LogP contribution is -2.13. The highest BCUT2D eigenvalue weighted by Gasteiger charge is 2.16. The monoisotopic (exact) mass is 423 g/mol. The van der Waals surface area contributed by atoms with E-state index < -0.39 is 10.0 Å². The van der Waals surface area contributed by atoms with Crippen molar-refractivity contribution in [2.75, 3.05) is 4.72 Å². The molecule has 134 valence electrons. The summed E-state index contributed by atoms with van der Waals surface area (Å²) >= 11 is 13.7. The second kappa shape index (κ2) is 8.35. The highest BCUT2D eigenvalue weighted by atomic mass is 35.5. The number of hydrogen-bond acceptors (Lipinski definition) is 3. The molecule has 0 aliphatic carbocycles. The molecule has 26 heavy (non-hydrogen) atoms. The van der Waals surface area contributed by atoms with Crippen LogP contribution in [0, 0.1) is 0 Å². The maximum absolute atomic E-state index is 12.4. The third-order valence-corrected chi connectivity index (χ3v) is 6.57. The van der Waals surface area contributed by atoms with E-state index in [4.69, 9.17) is 23.2 Å². The van der Waals surface area contributed by atoms with Crippen LogP contribution in [0.4, 0.5) is 5.69 Å². The molecule has 1 N–H and O–H groups in total. The van der Waals surface area contributed by atoms with Crippen LogP contribution in [0.3, 0.4) is 0 Å². The van der Waals surface area contributed by atoms with Crippen molar-refractivity contribution >= 4 is 50.7 Å². The quantitative estimate of drug-likeness (QED) is 0.488. The molecule has 0 unspecified atom stereocenters. The number of sulfonamides is 1. The fraction of sp³-hybridized carbons (Fsp3) is 0.0526. The Bertz CT molecular complexity index is 992. The first-order valence-electron chi connectivity index (χ1n) is 7.69. The molecule has 3 aromatic carbocycles. The number of thioether (sulfide) groups is 1. The van der Waals surface area contributed by atoms with E-state index in [1.165, 1.54) is 29.8 Å². The summed E-state index contributed by atoms with van der Waals surface area (Å²) in [5.74, 6) is 0.813. The lowest BCUT2D eigenvalue weighted by Gasteiger charge is -2.11. The summed E-state index contributed by atoms with van der Waals surface area (Å²) in [7, 11) is -3.72. The highest BCUT2D eigenvalue weighted by molar-refractivity contribution is 7.98. The molecule has 3 rings (SSSR count). The second-order valence-corrected chi connectivity index (χ2v) is 9.05. The van der Waals surface area contributed by atoms with Gasteiger partial charge in [-0.1, -0.05) is 53.5 Å². The molecule has 3 aromatic rings. The van der Waals surface area contributed by atoms with Gasteiger partial charge in [-0.05, 0) is 48.0 Å². The van der Waals surface area contributed by atoms with Crippen molar-refractivity contribution in [3.05, 3.63) is 88.4 Å². The smallest absolute Gasteiger partial charge is 0.261 e. The van der Waals surface area contributed by atoms with E-state index in [1.54, 1.807) is 23.9 Å². The van der Waals surface area contributed by atoms with E-state index in [-0.39, 0.29) is 4.90 Å². The van der Waals surface area contributed by atoms with Crippen molar-refractivity contribution in [3.63, 3.8) is 0 Å².